The molecule has 1 aromatic carbocycles. The molecule has 4 nitrogen and oxygen atoms in total. The van der Waals surface area contributed by atoms with E-state index in [1.54, 1.807) is 0 Å². The fourth-order valence-corrected chi connectivity index (χ4v) is 4.95. The van der Waals surface area contributed by atoms with E-state index in [2.05, 4.69) is 44.9 Å². The third-order valence-electron chi connectivity index (χ3n) is 5.37. The molecule has 2 fully saturated rings. The lowest BCUT2D eigenvalue weighted by atomic mass is 9.87. The zero-order valence-electron chi connectivity index (χ0n) is 14.3. The van der Waals surface area contributed by atoms with E-state index in [1.165, 1.54) is 28.5 Å². The normalized spacial score (nSPS) is 24.4. The second kappa shape index (κ2) is 6.73. The lowest BCUT2D eigenvalue weighted by molar-refractivity contribution is 0.156. The first-order chi connectivity index (χ1) is 11.8. The minimum absolute atomic E-state index is 0.376. The van der Waals surface area contributed by atoms with Crippen molar-refractivity contribution in [2.24, 2.45) is 10.4 Å². The quantitative estimate of drug-likeness (QED) is 0.687. The van der Waals surface area contributed by atoms with Crippen LogP contribution in [-0.4, -0.2) is 50.8 Å². The highest BCUT2D eigenvalue weighted by molar-refractivity contribution is 7.17. The average molecular weight is 343 g/mol. The highest BCUT2D eigenvalue weighted by atomic mass is 32.1. The third-order valence-corrected chi connectivity index (χ3v) is 6.39. The van der Waals surface area contributed by atoms with E-state index in [-0.39, 0.29) is 0 Å². The molecule has 24 heavy (non-hydrogen) atoms. The van der Waals surface area contributed by atoms with Crippen LogP contribution in [0.4, 0.5) is 0 Å². The summed E-state index contributed by atoms with van der Waals surface area (Å²) in [5.74, 6) is 1.04. The smallest absolute Gasteiger partial charge is 0.193 e. The van der Waals surface area contributed by atoms with Crippen LogP contribution in [0.5, 0.6) is 0 Å². The van der Waals surface area contributed by atoms with Crippen LogP contribution in [0.2, 0.25) is 0 Å². The molecule has 2 aromatic rings. The zero-order chi connectivity index (χ0) is 16.4. The fourth-order valence-electron chi connectivity index (χ4n) is 3.95. The minimum atomic E-state index is 0.376. The molecule has 1 atom stereocenters. The number of aliphatic imine (C=N–C) groups is 1. The van der Waals surface area contributed by atoms with E-state index in [4.69, 9.17) is 4.74 Å². The van der Waals surface area contributed by atoms with Crippen molar-refractivity contribution in [3.05, 3.63) is 35.2 Å². The predicted octanol–water partition coefficient (Wildman–Crippen LogP) is 3.13. The SMILES string of the molecule is CN=C(NCCc1csc2ccccc12)N1CCC2(CCOC2)C1. The van der Waals surface area contributed by atoms with Crippen molar-refractivity contribution in [2.45, 2.75) is 19.3 Å². The molecule has 2 saturated heterocycles. The van der Waals surface area contributed by atoms with E-state index in [0.29, 0.717) is 5.41 Å². The van der Waals surface area contributed by atoms with Gasteiger partial charge in [0.25, 0.3) is 0 Å². The Morgan fingerprint density at radius 3 is 3.12 bits per heavy atom. The lowest BCUT2D eigenvalue weighted by Crippen LogP contribution is -2.42. The fraction of sp³-hybridized carbons (Fsp3) is 0.526. The maximum atomic E-state index is 5.63. The standard InChI is InChI=1S/C19H25N3OS/c1-20-18(22-10-7-19(13-22)8-11-23-14-19)21-9-6-15-12-24-17-5-3-2-4-16(15)17/h2-5,12H,6-11,13-14H2,1H3,(H,20,21). The van der Waals surface area contributed by atoms with Gasteiger partial charge in [-0.3, -0.25) is 4.99 Å². The highest BCUT2D eigenvalue weighted by Gasteiger charge is 2.42. The molecular formula is C19H25N3OS. The van der Waals surface area contributed by atoms with Crippen LogP contribution in [0.15, 0.2) is 34.6 Å². The number of nitrogens with zero attached hydrogens (tertiary/aromatic N) is 2. The highest BCUT2D eigenvalue weighted by Crippen LogP contribution is 2.38. The first-order valence-corrected chi connectivity index (χ1v) is 9.66. The largest absolute Gasteiger partial charge is 0.381 e. The van der Waals surface area contributed by atoms with Crippen LogP contribution in [0.1, 0.15) is 18.4 Å². The molecule has 4 rings (SSSR count). The Labute approximate surface area is 147 Å². The van der Waals surface area contributed by atoms with Gasteiger partial charge in [0.1, 0.15) is 0 Å². The summed E-state index contributed by atoms with van der Waals surface area (Å²) in [6.45, 7) is 4.93. The lowest BCUT2D eigenvalue weighted by Gasteiger charge is -2.24. The number of hydrogen-bond acceptors (Lipinski definition) is 3. The Kier molecular flexibility index (Phi) is 4.46. The van der Waals surface area contributed by atoms with Gasteiger partial charge >= 0.3 is 0 Å². The Hall–Kier alpha value is -1.59. The predicted molar refractivity (Wildman–Crippen MR) is 101 cm³/mol. The van der Waals surface area contributed by atoms with Crippen molar-refractivity contribution in [3.8, 4) is 0 Å². The van der Waals surface area contributed by atoms with Crippen LogP contribution in [0, 0.1) is 5.41 Å². The average Bonchev–Trinajstić information content (AvgIpc) is 3.34. The number of ether oxygens (including phenoxy) is 1. The molecule has 3 heterocycles. The van der Waals surface area contributed by atoms with Gasteiger partial charge in [-0.05, 0) is 41.7 Å². The number of thiophene rings is 1. The van der Waals surface area contributed by atoms with Gasteiger partial charge in [0.15, 0.2) is 5.96 Å². The van der Waals surface area contributed by atoms with Crippen molar-refractivity contribution in [1.29, 1.82) is 0 Å². The summed E-state index contributed by atoms with van der Waals surface area (Å²) in [5, 5.41) is 7.24. The molecular weight excluding hydrogens is 318 g/mol. The number of likely N-dealkylation sites (tertiary alicyclic amines) is 1. The molecule has 1 unspecified atom stereocenters. The summed E-state index contributed by atoms with van der Waals surface area (Å²) in [4.78, 5) is 6.90. The molecule has 0 bridgehead atoms. The third kappa shape index (κ3) is 3.03. The van der Waals surface area contributed by atoms with Crippen LogP contribution in [0.3, 0.4) is 0 Å². The monoisotopic (exact) mass is 343 g/mol. The summed E-state index contributed by atoms with van der Waals surface area (Å²) in [6, 6.07) is 8.65. The van der Waals surface area contributed by atoms with Crippen molar-refractivity contribution in [2.75, 3.05) is 39.9 Å². The van der Waals surface area contributed by atoms with Crippen molar-refractivity contribution in [1.82, 2.24) is 10.2 Å². The topological polar surface area (TPSA) is 36.9 Å². The summed E-state index contributed by atoms with van der Waals surface area (Å²) in [7, 11) is 1.89. The Balaban J connectivity index is 1.34. The Bertz CT molecular complexity index is 733. The first-order valence-electron chi connectivity index (χ1n) is 8.78. The van der Waals surface area contributed by atoms with Gasteiger partial charge in [-0.15, -0.1) is 11.3 Å². The molecule has 128 valence electrons. The molecule has 1 N–H and O–H groups in total. The Morgan fingerprint density at radius 1 is 1.38 bits per heavy atom. The van der Waals surface area contributed by atoms with Crippen molar-refractivity contribution in [3.63, 3.8) is 0 Å². The van der Waals surface area contributed by atoms with Crippen molar-refractivity contribution >= 4 is 27.4 Å². The van der Waals surface area contributed by atoms with E-state index in [1.807, 2.05) is 18.4 Å². The van der Waals surface area contributed by atoms with Crippen LogP contribution < -0.4 is 5.32 Å². The molecule has 2 aliphatic rings. The van der Waals surface area contributed by atoms with Crippen molar-refractivity contribution < 1.29 is 4.74 Å². The molecule has 0 amide bonds. The van der Waals surface area contributed by atoms with Crippen LogP contribution >= 0.6 is 11.3 Å². The van der Waals surface area contributed by atoms with Crippen LogP contribution in [-0.2, 0) is 11.2 Å². The number of fused-ring (bicyclic) bond motifs is 1. The second-order valence-corrected chi connectivity index (χ2v) is 7.87. The van der Waals surface area contributed by atoms with Gasteiger partial charge in [-0.1, -0.05) is 18.2 Å². The first kappa shape index (κ1) is 15.9. The molecule has 5 heteroatoms. The van der Waals surface area contributed by atoms with E-state index in [9.17, 15) is 0 Å². The molecule has 1 aromatic heterocycles. The van der Waals surface area contributed by atoms with Gasteiger partial charge in [0, 0.05) is 43.4 Å². The number of benzene rings is 1. The molecule has 0 saturated carbocycles. The number of nitrogens with one attached hydrogen (secondary N) is 1. The maximum absolute atomic E-state index is 5.63. The van der Waals surface area contributed by atoms with Gasteiger partial charge in [0.05, 0.1) is 6.61 Å². The Morgan fingerprint density at radius 2 is 2.29 bits per heavy atom. The minimum Gasteiger partial charge on any atom is -0.381 e. The van der Waals surface area contributed by atoms with Gasteiger partial charge < -0.3 is 15.0 Å². The summed E-state index contributed by atoms with van der Waals surface area (Å²) in [6.07, 6.45) is 3.45. The molecule has 2 aliphatic heterocycles. The summed E-state index contributed by atoms with van der Waals surface area (Å²) < 4.78 is 7.00. The summed E-state index contributed by atoms with van der Waals surface area (Å²) in [5.41, 5.74) is 1.81. The van der Waals surface area contributed by atoms with E-state index >= 15 is 0 Å². The van der Waals surface area contributed by atoms with Gasteiger partial charge in [-0.25, -0.2) is 0 Å². The van der Waals surface area contributed by atoms with E-state index < -0.39 is 0 Å². The summed E-state index contributed by atoms with van der Waals surface area (Å²) >= 11 is 1.83. The molecule has 0 radical (unpaired) electrons. The molecule has 0 aliphatic carbocycles. The zero-order valence-corrected chi connectivity index (χ0v) is 15.1. The number of hydrogen-bond donors (Lipinski definition) is 1. The van der Waals surface area contributed by atoms with Gasteiger partial charge in [0.2, 0.25) is 0 Å². The number of guanidine groups is 1. The maximum Gasteiger partial charge on any atom is 0.193 e. The second-order valence-electron chi connectivity index (χ2n) is 6.96. The van der Waals surface area contributed by atoms with Crippen LogP contribution in [0.25, 0.3) is 10.1 Å². The molecule has 1 spiro atoms. The number of rotatable bonds is 3. The van der Waals surface area contributed by atoms with Gasteiger partial charge in [-0.2, -0.15) is 0 Å². The van der Waals surface area contributed by atoms with E-state index in [0.717, 1.165) is 45.2 Å².